The molecule has 5 nitrogen and oxygen atoms in total. The molecule has 2 aromatic rings. The van der Waals surface area contributed by atoms with E-state index in [1.165, 1.54) is 0 Å². The summed E-state index contributed by atoms with van der Waals surface area (Å²) in [5.74, 6) is 0.677. The Bertz CT molecular complexity index is 606. The second-order valence-corrected chi connectivity index (χ2v) is 4.38. The highest BCUT2D eigenvalue weighted by Crippen LogP contribution is 2.29. The first-order chi connectivity index (χ1) is 9.29. The fourth-order valence-corrected chi connectivity index (χ4v) is 2.22. The average molecular weight is 257 g/mol. The zero-order valence-corrected chi connectivity index (χ0v) is 10.7. The summed E-state index contributed by atoms with van der Waals surface area (Å²) in [7, 11) is 0. The molecule has 1 aliphatic heterocycles. The van der Waals surface area contributed by atoms with Crippen LogP contribution in [0.15, 0.2) is 36.5 Å². The number of anilines is 1. The summed E-state index contributed by atoms with van der Waals surface area (Å²) in [4.78, 5) is 12.4. The van der Waals surface area contributed by atoms with Crippen LogP contribution in [0.2, 0.25) is 0 Å². The molecule has 98 valence electrons. The second kappa shape index (κ2) is 4.76. The lowest BCUT2D eigenvalue weighted by molar-refractivity contribution is 0.0790. The molecule has 1 aromatic carbocycles. The number of nitrogens with one attached hydrogen (secondary N) is 1. The van der Waals surface area contributed by atoms with Gasteiger partial charge in [-0.2, -0.15) is 5.10 Å². The SMILES string of the molecule is CCn1nccc1C(=O)C1CNc2ccccc2O1. The lowest BCUT2D eigenvalue weighted by Gasteiger charge is -2.26. The van der Waals surface area contributed by atoms with E-state index in [1.54, 1.807) is 16.9 Å². The first-order valence-electron chi connectivity index (χ1n) is 6.35. The third-order valence-electron chi connectivity index (χ3n) is 3.20. The van der Waals surface area contributed by atoms with Gasteiger partial charge in [-0.15, -0.1) is 0 Å². The van der Waals surface area contributed by atoms with Crippen LogP contribution in [0, 0.1) is 0 Å². The zero-order chi connectivity index (χ0) is 13.2. The number of rotatable bonds is 3. The van der Waals surface area contributed by atoms with E-state index in [2.05, 4.69) is 10.4 Å². The number of hydrogen-bond acceptors (Lipinski definition) is 4. The van der Waals surface area contributed by atoms with E-state index in [1.807, 2.05) is 31.2 Å². The van der Waals surface area contributed by atoms with Gasteiger partial charge < -0.3 is 10.1 Å². The summed E-state index contributed by atoms with van der Waals surface area (Å²) in [6, 6.07) is 9.36. The first-order valence-corrected chi connectivity index (χ1v) is 6.35. The highest BCUT2D eigenvalue weighted by atomic mass is 16.5. The van der Waals surface area contributed by atoms with Crippen molar-refractivity contribution in [2.24, 2.45) is 0 Å². The van der Waals surface area contributed by atoms with Gasteiger partial charge in [0.15, 0.2) is 6.10 Å². The molecule has 1 unspecified atom stereocenters. The van der Waals surface area contributed by atoms with Crippen LogP contribution in [0.25, 0.3) is 0 Å². The third-order valence-corrected chi connectivity index (χ3v) is 3.20. The quantitative estimate of drug-likeness (QED) is 0.854. The molecular weight excluding hydrogens is 242 g/mol. The predicted octanol–water partition coefficient (Wildman–Crippen LogP) is 1.96. The average Bonchev–Trinajstić information content (AvgIpc) is 2.94. The maximum atomic E-state index is 12.4. The Balaban J connectivity index is 1.83. The number of para-hydroxylation sites is 2. The van der Waals surface area contributed by atoms with Crippen molar-refractivity contribution < 1.29 is 9.53 Å². The maximum absolute atomic E-state index is 12.4. The van der Waals surface area contributed by atoms with Gasteiger partial charge in [-0.05, 0) is 25.1 Å². The van der Waals surface area contributed by atoms with Crippen molar-refractivity contribution in [1.82, 2.24) is 9.78 Å². The van der Waals surface area contributed by atoms with Crippen LogP contribution in [-0.2, 0) is 6.54 Å². The van der Waals surface area contributed by atoms with Gasteiger partial charge >= 0.3 is 0 Å². The van der Waals surface area contributed by atoms with E-state index >= 15 is 0 Å². The molecular formula is C14H15N3O2. The highest BCUT2D eigenvalue weighted by Gasteiger charge is 2.28. The summed E-state index contributed by atoms with van der Waals surface area (Å²) >= 11 is 0. The van der Waals surface area contributed by atoms with Crippen LogP contribution >= 0.6 is 0 Å². The molecule has 0 spiro atoms. The van der Waals surface area contributed by atoms with Crippen LogP contribution in [0.4, 0.5) is 5.69 Å². The summed E-state index contributed by atoms with van der Waals surface area (Å²) in [5, 5.41) is 7.33. The fourth-order valence-electron chi connectivity index (χ4n) is 2.22. The fraction of sp³-hybridized carbons (Fsp3) is 0.286. The molecule has 0 aliphatic carbocycles. The minimum atomic E-state index is -0.503. The molecule has 5 heteroatoms. The number of nitrogens with zero attached hydrogens (tertiary/aromatic N) is 2. The van der Waals surface area contributed by atoms with Crippen LogP contribution in [0.3, 0.4) is 0 Å². The van der Waals surface area contributed by atoms with E-state index in [9.17, 15) is 4.79 Å². The summed E-state index contributed by atoms with van der Waals surface area (Å²) in [6.45, 7) is 3.11. The lowest BCUT2D eigenvalue weighted by Crippen LogP contribution is -2.38. The normalized spacial score (nSPS) is 17.2. The van der Waals surface area contributed by atoms with Crippen molar-refractivity contribution >= 4 is 11.5 Å². The molecule has 1 aromatic heterocycles. The van der Waals surface area contributed by atoms with Crippen molar-refractivity contribution in [3.05, 3.63) is 42.2 Å². The molecule has 3 rings (SSSR count). The number of hydrogen-bond donors (Lipinski definition) is 1. The molecule has 0 saturated heterocycles. The Morgan fingerprint density at radius 2 is 2.32 bits per heavy atom. The Kier molecular flexibility index (Phi) is 2.95. The van der Waals surface area contributed by atoms with Crippen LogP contribution in [0.5, 0.6) is 5.75 Å². The van der Waals surface area contributed by atoms with Gasteiger partial charge in [0.2, 0.25) is 5.78 Å². The highest BCUT2D eigenvalue weighted by molar-refractivity contribution is 5.99. The van der Waals surface area contributed by atoms with Gasteiger partial charge in [-0.1, -0.05) is 12.1 Å². The molecule has 19 heavy (non-hydrogen) atoms. The van der Waals surface area contributed by atoms with Crippen molar-refractivity contribution in [2.45, 2.75) is 19.6 Å². The minimum absolute atomic E-state index is 0.0404. The van der Waals surface area contributed by atoms with Crippen molar-refractivity contribution in [3.8, 4) is 5.75 Å². The Morgan fingerprint density at radius 3 is 3.16 bits per heavy atom. The molecule has 0 bridgehead atoms. The van der Waals surface area contributed by atoms with E-state index in [0.717, 1.165) is 11.4 Å². The maximum Gasteiger partial charge on any atom is 0.223 e. The number of fused-ring (bicyclic) bond motifs is 1. The topological polar surface area (TPSA) is 56.2 Å². The zero-order valence-electron chi connectivity index (χ0n) is 10.7. The smallest absolute Gasteiger partial charge is 0.223 e. The molecule has 2 heterocycles. The Morgan fingerprint density at radius 1 is 1.47 bits per heavy atom. The number of Topliss-reactive ketones (excluding diaryl/α,β-unsaturated/α-hetero) is 1. The molecule has 1 atom stereocenters. The Labute approximate surface area is 111 Å². The van der Waals surface area contributed by atoms with Crippen LogP contribution in [-0.4, -0.2) is 28.2 Å². The summed E-state index contributed by atoms with van der Waals surface area (Å²) in [5.41, 5.74) is 1.52. The number of aryl methyl sites for hydroxylation is 1. The number of carbonyl (C=O) groups is 1. The van der Waals surface area contributed by atoms with Gasteiger partial charge in [-0.3, -0.25) is 9.48 Å². The number of ether oxygens (including phenoxy) is 1. The third kappa shape index (κ3) is 2.07. The minimum Gasteiger partial charge on any atom is -0.478 e. The van der Waals surface area contributed by atoms with Gasteiger partial charge in [0.1, 0.15) is 11.4 Å². The largest absolute Gasteiger partial charge is 0.478 e. The van der Waals surface area contributed by atoms with Crippen LogP contribution < -0.4 is 10.1 Å². The summed E-state index contributed by atoms with van der Waals surface area (Å²) in [6.07, 6.45) is 1.14. The number of carbonyl (C=O) groups excluding carboxylic acids is 1. The second-order valence-electron chi connectivity index (χ2n) is 4.38. The van der Waals surface area contributed by atoms with Gasteiger partial charge in [0, 0.05) is 12.7 Å². The lowest BCUT2D eigenvalue weighted by atomic mass is 10.1. The van der Waals surface area contributed by atoms with Crippen molar-refractivity contribution in [3.63, 3.8) is 0 Å². The predicted molar refractivity (Wildman–Crippen MR) is 71.6 cm³/mol. The van der Waals surface area contributed by atoms with E-state index in [-0.39, 0.29) is 5.78 Å². The van der Waals surface area contributed by atoms with Gasteiger partial charge in [0.05, 0.1) is 12.2 Å². The molecule has 0 fully saturated rings. The van der Waals surface area contributed by atoms with Gasteiger partial charge in [0.25, 0.3) is 0 Å². The van der Waals surface area contributed by atoms with E-state index in [0.29, 0.717) is 18.8 Å². The molecule has 0 saturated carbocycles. The standard InChI is InChI=1S/C14H15N3O2/c1-2-17-11(7-8-16-17)14(18)13-9-15-10-5-3-4-6-12(10)19-13/h3-8,13,15H,2,9H2,1H3. The van der Waals surface area contributed by atoms with Crippen LogP contribution in [0.1, 0.15) is 17.4 Å². The monoisotopic (exact) mass is 257 g/mol. The Hall–Kier alpha value is -2.30. The number of benzene rings is 1. The molecule has 1 aliphatic rings. The number of ketones is 1. The summed E-state index contributed by atoms with van der Waals surface area (Å²) < 4.78 is 7.45. The first kappa shape index (κ1) is 11.8. The molecule has 0 amide bonds. The number of aromatic nitrogens is 2. The van der Waals surface area contributed by atoms with E-state index < -0.39 is 6.10 Å². The molecule has 0 radical (unpaired) electrons. The van der Waals surface area contributed by atoms with Crippen molar-refractivity contribution in [1.29, 1.82) is 0 Å². The van der Waals surface area contributed by atoms with Gasteiger partial charge in [-0.25, -0.2) is 0 Å². The van der Waals surface area contributed by atoms with Crippen molar-refractivity contribution in [2.75, 3.05) is 11.9 Å². The molecule has 1 N–H and O–H groups in total. The van der Waals surface area contributed by atoms with E-state index in [4.69, 9.17) is 4.74 Å².